The van der Waals surface area contributed by atoms with Gasteiger partial charge in [0, 0.05) is 75.9 Å². The van der Waals surface area contributed by atoms with Gasteiger partial charge in [-0.15, -0.1) is 0 Å². The number of carbonyl (C=O) groups is 2. The van der Waals surface area contributed by atoms with Crippen molar-refractivity contribution < 1.29 is 19.8 Å². The van der Waals surface area contributed by atoms with E-state index in [0.29, 0.717) is 50.7 Å². The highest BCUT2D eigenvalue weighted by Gasteiger charge is 2.22. The summed E-state index contributed by atoms with van der Waals surface area (Å²) >= 11 is 0. The lowest BCUT2D eigenvalue weighted by molar-refractivity contribution is -0.137. The summed E-state index contributed by atoms with van der Waals surface area (Å²) in [7, 11) is 1.73. The number of hydrogen-bond donors (Lipinski definition) is 3. The standard InChI is InChI=1S/C27H33N7O4/c1-32(24(36)13-28)17-20-3-2-4-21(12-20)23-15-30-27(31-16-23)34-9-7-33(8-10-34)26-22(18-35)11-19(14-29-26)5-6-25(37)38/h2-4,11-12,14-16,35H,5-10,13,17-18,28H2,1H3,(H,37,38). The number of likely N-dealkylation sites (N-methyl/N-ethyl adjacent to an activating group) is 1. The quantitative estimate of drug-likeness (QED) is 0.358. The van der Waals surface area contributed by atoms with E-state index in [4.69, 9.17) is 10.8 Å². The monoisotopic (exact) mass is 519 g/mol. The van der Waals surface area contributed by atoms with Gasteiger partial charge in [-0.3, -0.25) is 9.59 Å². The highest BCUT2D eigenvalue weighted by Crippen LogP contribution is 2.24. The first kappa shape index (κ1) is 27.0. The third-order valence-corrected chi connectivity index (χ3v) is 6.58. The van der Waals surface area contributed by atoms with Crippen LogP contribution >= 0.6 is 0 Å². The van der Waals surface area contributed by atoms with Crippen LogP contribution in [0.3, 0.4) is 0 Å². The van der Waals surface area contributed by atoms with Gasteiger partial charge in [-0.25, -0.2) is 15.0 Å². The molecule has 11 heteroatoms. The Labute approximate surface area is 221 Å². The molecule has 0 spiro atoms. The highest BCUT2D eigenvalue weighted by molar-refractivity contribution is 5.77. The molecule has 3 aromatic rings. The molecule has 0 unspecified atom stereocenters. The second kappa shape index (κ2) is 12.4. The van der Waals surface area contributed by atoms with Gasteiger partial charge in [0.15, 0.2) is 0 Å². The number of carboxylic acids is 1. The van der Waals surface area contributed by atoms with Crippen LogP contribution in [0.4, 0.5) is 11.8 Å². The van der Waals surface area contributed by atoms with Crippen molar-refractivity contribution in [2.45, 2.75) is 26.0 Å². The molecule has 0 saturated carbocycles. The van der Waals surface area contributed by atoms with Crippen LogP contribution in [0, 0.1) is 0 Å². The van der Waals surface area contributed by atoms with Gasteiger partial charge < -0.3 is 30.6 Å². The Hall–Kier alpha value is -4.09. The lowest BCUT2D eigenvalue weighted by Gasteiger charge is -2.36. The molecule has 0 aliphatic carbocycles. The number of aliphatic hydroxyl groups excluding tert-OH is 1. The van der Waals surface area contributed by atoms with Gasteiger partial charge >= 0.3 is 5.97 Å². The summed E-state index contributed by atoms with van der Waals surface area (Å²) in [4.78, 5) is 42.2. The molecule has 2 aromatic heterocycles. The maximum absolute atomic E-state index is 11.8. The first-order valence-electron chi connectivity index (χ1n) is 12.5. The Balaban J connectivity index is 1.38. The first-order valence-corrected chi connectivity index (χ1v) is 12.5. The number of pyridine rings is 1. The fourth-order valence-corrected chi connectivity index (χ4v) is 4.46. The minimum absolute atomic E-state index is 0.0141. The number of carboxylic acid groups (broad SMARTS) is 1. The fourth-order valence-electron chi connectivity index (χ4n) is 4.46. The van der Waals surface area contributed by atoms with Crippen LogP contribution in [0.15, 0.2) is 48.9 Å². The zero-order valence-corrected chi connectivity index (χ0v) is 21.5. The number of aryl methyl sites for hydroxylation is 1. The van der Waals surface area contributed by atoms with Crippen LogP contribution in [0.25, 0.3) is 11.1 Å². The number of carbonyl (C=O) groups excluding carboxylic acids is 1. The second-order valence-electron chi connectivity index (χ2n) is 9.28. The summed E-state index contributed by atoms with van der Waals surface area (Å²) in [5.41, 5.74) is 9.81. The Kier molecular flexibility index (Phi) is 8.82. The third kappa shape index (κ3) is 6.61. The van der Waals surface area contributed by atoms with Crippen molar-refractivity contribution >= 4 is 23.6 Å². The molecule has 1 saturated heterocycles. The van der Waals surface area contributed by atoms with Gasteiger partial charge in [-0.05, 0) is 35.2 Å². The normalized spacial score (nSPS) is 13.4. The molecule has 1 amide bonds. The first-order chi connectivity index (χ1) is 18.4. The maximum Gasteiger partial charge on any atom is 0.303 e. The molecule has 11 nitrogen and oxygen atoms in total. The number of piperazine rings is 1. The predicted molar refractivity (Wildman–Crippen MR) is 144 cm³/mol. The number of hydrogen-bond acceptors (Lipinski definition) is 9. The van der Waals surface area contributed by atoms with Gasteiger partial charge in [0.2, 0.25) is 11.9 Å². The topological polar surface area (TPSA) is 149 Å². The van der Waals surface area contributed by atoms with Crippen LogP contribution in [0.1, 0.15) is 23.1 Å². The molecule has 4 rings (SSSR count). The summed E-state index contributed by atoms with van der Waals surface area (Å²) in [6.07, 6.45) is 5.72. The average Bonchev–Trinajstić information content (AvgIpc) is 2.95. The Bertz CT molecular complexity index is 1260. The van der Waals surface area contributed by atoms with Crippen molar-refractivity contribution in [2.24, 2.45) is 5.73 Å². The lowest BCUT2D eigenvalue weighted by Crippen LogP contribution is -2.47. The van der Waals surface area contributed by atoms with Crippen molar-refractivity contribution in [3.05, 3.63) is 65.6 Å². The molecule has 0 atom stereocenters. The Morgan fingerprint density at radius 3 is 2.34 bits per heavy atom. The number of benzene rings is 1. The van der Waals surface area contributed by atoms with Crippen LogP contribution < -0.4 is 15.5 Å². The molecule has 38 heavy (non-hydrogen) atoms. The number of aliphatic carboxylic acids is 1. The van der Waals surface area contributed by atoms with Gasteiger partial charge in [-0.1, -0.05) is 18.2 Å². The van der Waals surface area contributed by atoms with E-state index in [9.17, 15) is 14.7 Å². The lowest BCUT2D eigenvalue weighted by atomic mass is 10.1. The van der Waals surface area contributed by atoms with Crippen molar-refractivity contribution in [1.82, 2.24) is 19.9 Å². The molecule has 0 bridgehead atoms. The zero-order valence-electron chi connectivity index (χ0n) is 21.5. The Morgan fingerprint density at radius 1 is 0.974 bits per heavy atom. The van der Waals surface area contributed by atoms with Gasteiger partial charge in [0.1, 0.15) is 5.82 Å². The largest absolute Gasteiger partial charge is 0.481 e. The van der Waals surface area contributed by atoms with E-state index in [1.54, 1.807) is 18.1 Å². The number of amides is 1. The average molecular weight is 520 g/mol. The molecule has 1 aliphatic heterocycles. The molecule has 1 aliphatic rings. The van der Waals surface area contributed by atoms with E-state index in [0.717, 1.165) is 28.1 Å². The number of aliphatic hydroxyl groups is 1. The summed E-state index contributed by atoms with van der Waals surface area (Å²) in [5.74, 6) is 0.404. The molecule has 4 N–H and O–H groups in total. The molecule has 1 aromatic carbocycles. The number of anilines is 2. The van der Waals surface area contributed by atoms with E-state index in [-0.39, 0.29) is 25.5 Å². The van der Waals surface area contributed by atoms with Gasteiger partial charge in [0.25, 0.3) is 0 Å². The van der Waals surface area contributed by atoms with Crippen molar-refractivity contribution in [3.8, 4) is 11.1 Å². The van der Waals surface area contributed by atoms with E-state index < -0.39 is 5.97 Å². The zero-order chi connectivity index (χ0) is 27.1. The molecule has 1 fully saturated rings. The number of nitrogens with two attached hydrogens (primary N) is 1. The number of aromatic nitrogens is 3. The SMILES string of the molecule is CN(Cc1cccc(-c2cnc(N3CCN(c4ncc(CCC(=O)O)cc4CO)CC3)nc2)c1)C(=O)CN. The summed E-state index contributed by atoms with van der Waals surface area (Å²) in [6, 6.07) is 9.77. The van der Waals surface area contributed by atoms with Crippen LogP contribution in [-0.2, 0) is 29.2 Å². The van der Waals surface area contributed by atoms with Crippen molar-refractivity contribution in [3.63, 3.8) is 0 Å². The molecule has 0 radical (unpaired) electrons. The van der Waals surface area contributed by atoms with Crippen LogP contribution in [0.5, 0.6) is 0 Å². The number of rotatable bonds is 10. The molecular weight excluding hydrogens is 486 g/mol. The van der Waals surface area contributed by atoms with E-state index in [2.05, 4.69) is 24.8 Å². The van der Waals surface area contributed by atoms with E-state index in [1.165, 1.54) is 0 Å². The van der Waals surface area contributed by atoms with Crippen LogP contribution in [0.2, 0.25) is 0 Å². The summed E-state index contributed by atoms with van der Waals surface area (Å²) < 4.78 is 0. The third-order valence-electron chi connectivity index (χ3n) is 6.58. The maximum atomic E-state index is 11.8. The van der Waals surface area contributed by atoms with Gasteiger partial charge in [-0.2, -0.15) is 0 Å². The smallest absolute Gasteiger partial charge is 0.303 e. The Morgan fingerprint density at radius 2 is 1.68 bits per heavy atom. The van der Waals surface area contributed by atoms with Gasteiger partial charge in [0.05, 0.1) is 13.2 Å². The predicted octanol–water partition coefficient (Wildman–Crippen LogP) is 1.29. The molecule has 200 valence electrons. The van der Waals surface area contributed by atoms with Crippen molar-refractivity contribution in [2.75, 3.05) is 49.6 Å². The second-order valence-corrected chi connectivity index (χ2v) is 9.28. The summed E-state index contributed by atoms with van der Waals surface area (Å²) in [6.45, 7) is 3.08. The summed E-state index contributed by atoms with van der Waals surface area (Å²) in [5, 5.41) is 18.8. The molecule has 3 heterocycles. The van der Waals surface area contributed by atoms with Crippen molar-refractivity contribution in [1.29, 1.82) is 0 Å². The minimum Gasteiger partial charge on any atom is -0.481 e. The van der Waals surface area contributed by atoms with E-state index in [1.807, 2.05) is 42.7 Å². The number of nitrogens with zero attached hydrogens (tertiary/aromatic N) is 6. The highest BCUT2D eigenvalue weighted by atomic mass is 16.4. The van der Waals surface area contributed by atoms with E-state index >= 15 is 0 Å². The minimum atomic E-state index is -0.858. The fraction of sp³-hybridized carbons (Fsp3) is 0.370. The molecular formula is C27H33N7O4. The van der Waals surface area contributed by atoms with Crippen LogP contribution in [-0.4, -0.2) is 81.7 Å².